The molecule has 0 saturated heterocycles. The molecule has 1 heterocycles. The first-order valence-electron chi connectivity index (χ1n) is 9.80. The number of carbonyl (C=O) groups is 2. The number of aryl methyl sites for hydroxylation is 2. The van der Waals surface area contributed by atoms with E-state index in [9.17, 15) is 9.59 Å². The standard InChI is InChI=1S/C21H28N4O2/c1-3-16-8-4-7-11-18(16)23-19(26)12-13-20(27)24-21-15(2)14-22-25(21)17-9-5-6-10-17/h4,7-8,11,14,17H,3,5-6,9-10,12-13H2,1-2H3,(H,23,26)(H,24,27). The van der Waals surface area contributed by atoms with Gasteiger partial charge in [0, 0.05) is 24.1 Å². The van der Waals surface area contributed by atoms with Crippen molar-refractivity contribution in [3.05, 3.63) is 41.6 Å². The van der Waals surface area contributed by atoms with Gasteiger partial charge in [-0.1, -0.05) is 38.0 Å². The third-order valence-corrected chi connectivity index (χ3v) is 5.16. The second-order valence-corrected chi connectivity index (χ2v) is 7.17. The molecule has 6 heteroatoms. The summed E-state index contributed by atoms with van der Waals surface area (Å²) in [6, 6.07) is 8.10. The van der Waals surface area contributed by atoms with Crippen molar-refractivity contribution in [3.8, 4) is 0 Å². The molecule has 1 aromatic heterocycles. The Bertz CT molecular complexity index is 806. The number of nitrogens with one attached hydrogen (secondary N) is 2. The summed E-state index contributed by atoms with van der Waals surface area (Å²) >= 11 is 0. The van der Waals surface area contributed by atoms with Gasteiger partial charge >= 0.3 is 0 Å². The van der Waals surface area contributed by atoms with Crippen molar-refractivity contribution < 1.29 is 9.59 Å². The monoisotopic (exact) mass is 368 g/mol. The number of amides is 2. The molecule has 0 radical (unpaired) electrons. The highest BCUT2D eigenvalue weighted by atomic mass is 16.2. The van der Waals surface area contributed by atoms with E-state index in [1.165, 1.54) is 12.8 Å². The maximum absolute atomic E-state index is 12.4. The first-order chi connectivity index (χ1) is 13.1. The predicted molar refractivity (Wildman–Crippen MR) is 107 cm³/mol. The number of anilines is 2. The zero-order valence-corrected chi connectivity index (χ0v) is 16.1. The van der Waals surface area contributed by atoms with E-state index in [2.05, 4.69) is 15.7 Å². The fourth-order valence-corrected chi connectivity index (χ4v) is 3.61. The minimum absolute atomic E-state index is 0.146. The molecule has 1 aliphatic carbocycles. The van der Waals surface area contributed by atoms with Crippen molar-refractivity contribution >= 4 is 23.3 Å². The quantitative estimate of drug-likeness (QED) is 0.768. The van der Waals surface area contributed by atoms with E-state index < -0.39 is 0 Å². The topological polar surface area (TPSA) is 76.0 Å². The molecule has 0 atom stereocenters. The molecule has 6 nitrogen and oxygen atoms in total. The zero-order valence-electron chi connectivity index (χ0n) is 16.1. The lowest BCUT2D eigenvalue weighted by atomic mass is 10.1. The predicted octanol–water partition coefficient (Wildman–Crippen LogP) is 4.23. The van der Waals surface area contributed by atoms with Crippen LogP contribution in [0, 0.1) is 6.92 Å². The molecule has 1 aliphatic rings. The van der Waals surface area contributed by atoms with Gasteiger partial charge in [-0.15, -0.1) is 0 Å². The molecule has 2 aromatic rings. The summed E-state index contributed by atoms with van der Waals surface area (Å²) in [7, 11) is 0. The molecule has 0 spiro atoms. The maximum Gasteiger partial charge on any atom is 0.226 e. The summed E-state index contributed by atoms with van der Waals surface area (Å²) in [5.74, 6) is 0.465. The summed E-state index contributed by atoms with van der Waals surface area (Å²) in [5.41, 5.74) is 2.86. The molecule has 1 aromatic carbocycles. The number of nitrogens with zero attached hydrogens (tertiary/aromatic N) is 2. The van der Waals surface area contributed by atoms with E-state index in [-0.39, 0.29) is 24.7 Å². The van der Waals surface area contributed by atoms with E-state index in [1.807, 2.05) is 42.8 Å². The van der Waals surface area contributed by atoms with Gasteiger partial charge in [0.15, 0.2) is 0 Å². The maximum atomic E-state index is 12.4. The van der Waals surface area contributed by atoms with Crippen LogP contribution >= 0.6 is 0 Å². The number of hydrogen-bond acceptors (Lipinski definition) is 3. The van der Waals surface area contributed by atoms with Crippen LogP contribution in [-0.4, -0.2) is 21.6 Å². The van der Waals surface area contributed by atoms with Gasteiger partial charge in [-0.05, 0) is 37.8 Å². The lowest BCUT2D eigenvalue weighted by molar-refractivity contribution is -0.121. The van der Waals surface area contributed by atoms with Crippen LogP contribution in [0.5, 0.6) is 0 Å². The van der Waals surface area contributed by atoms with Crippen LogP contribution in [0.1, 0.15) is 62.6 Å². The van der Waals surface area contributed by atoms with Crippen LogP contribution in [0.4, 0.5) is 11.5 Å². The Morgan fingerprint density at radius 2 is 1.78 bits per heavy atom. The summed E-state index contributed by atoms with van der Waals surface area (Å²) in [5, 5.41) is 10.3. The molecule has 2 N–H and O–H groups in total. The van der Waals surface area contributed by atoms with E-state index >= 15 is 0 Å². The molecular weight excluding hydrogens is 340 g/mol. The Labute approximate surface area is 160 Å². The number of rotatable bonds is 7. The first-order valence-corrected chi connectivity index (χ1v) is 9.80. The number of benzene rings is 1. The molecule has 144 valence electrons. The smallest absolute Gasteiger partial charge is 0.226 e. The molecule has 1 fully saturated rings. The van der Waals surface area contributed by atoms with Gasteiger partial charge in [-0.2, -0.15) is 5.10 Å². The molecule has 2 amide bonds. The fourth-order valence-electron chi connectivity index (χ4n) is 3.61. The van der Waals surface area contributed by atoms with Gasteiger partial charge in [0.2, 0.25) is 11.8 Å². The highest BCUT2D eigenvalue weighted by Gasteiger charge is 2.22. The van der Waals surface area contributed by atoms with Gasteiger partial charge in [0.05, 0.1) is 12.2 Å². The van der Waals surface area contributed by atoms with Crippen molar-refractivity contribution in [1.29, 1.82) is 0 Å². The normalized spacial score (nSPS) is 14.3. The van der Waals surface area contributed by atoms with Crippen LogP contribution in [0.15, 0.2) is 30.5 Å². The Morgan fingerprint density at radius 1 is 1.11 bits per heavy atom. The lowest BCUT2D eigenvalue weighted by Gasteiger charge is -2.15. The first kappa shape index (κ1) is 19.1. The van der Waals surface area contributed by atoms with E-state index in [4.69, 9.17) is 0 Å². The second-order valence-electron chi connectivity index (χ2n) is 7.17. The number of aromatic nitrogens is 2. The molecule has 0 bridgehead atoms. The van der Waals surface area contributed by atoms with Crippen molar-refractivity contribution in [3.63, 3.8) is 0 Å². The van der Waals surface area contributed by atoms with Gasteiger partial charge in [0.1, 0.15) is 5.82 Å². The van der Waals surface area contributed by atoms with Crippen molar-refractivity contribution in [2.75, 3.05) is 10.6 Å². The molecule has 1 saturated carbocycles. The van der Waals surface area contributed by atoms with Gasteiger partial charge in [-0.25, -0.2) is 4.68 Å². The van der Waals surface area contributed by atoms with Gasteiger partial charge in [-0.3, -0.25) is 9.59 Å². The molecular formula is C21H28N4O2. The van der Waals surface area contributed by atoms with Crippen molar-refractivity contribution in [2.45, 2.75) is 64.8 Å². The fraction of sp³-hybridized carbons (Fsp3) is 0.476. The van der Waals surface area contributed by atoms with E-state index in [1.54, 1.807) is 6.20 Å². The Kier molecular flexibility index (Phi) is 6.27. The third-order valence-electron chi connectivity index (χ3n) is 5.16. The SMILES string of the molecule is CCc1ccccc1NC(=O)CCC(=O)Nc1c(C)cnn1C1CCCC1. The molecule has 0 aliphatic heterocycles. The largest absolute Gasteiger partial charge is 0.326 e. The lowest BCUT2D eigenvalue weighted by Crippen LogP contribution is -2.20. The highest BCUT2D eigenvalue weighted by molar-refractivity contribution is 5.97. The Morgan fingerprint density at radius 3 is 2.48 bits per heavy atom. The van der Waals surface area contributed by atoms with E-state index in [0.717, 1.165) is 41.9 Å². The highest BCUT2D eigenvalue weighted by Crippen LogP contribution is 2.32. The second kappa shape index (κ2) is 8.84. The Hall–Kier alpha value is -2.63. The number of carbonyl (C=O) groups excluding carboxylic acids is 2. The van der Waals surface area contributed by atoms with Crippen molar-refractivity contribution in [2.24, 2.45) is 0 Å². The summed E-state index contributed by atoms with van der Waals surface area (Å²) in [4.78, 5) is 24.6. The van der Waals surface area contributed by atoms with E-state index in [0.29, 0.717) is 6.04 Å². The summed E-state index contributed by atoms with van der Waals surface area (Å²) in [6.07, 6.45) is 7.55. The summed E-state index contributed by atoms with van der Waals surface area (Å²) in [6.45, 7) is 4.00. The van der Waals surface area contributed by atoms with Gasteiger partial charge < -0.3 is 10.6 Å². The molecule has 3 rings (SSSR count). The average Bonchev–Trinajstić information content (AvgIpc) is 3.31. The Balaban J connectivity index is 1.54. The van der Waals surface area contributed by atoms with Crippen molar-refractivity contribution in [1.82, 2.24) is 9.78 Å². The van der Waals surface area contributed by atoms with Gasteiger partial charge in [0.25, 0.3) is 0 Å². The average molecular weight is 368 g/mol. The van der Waals surface area contributed by atoms with Crippen LogP contribution in [0.3, 0.4) is 0 Å². The summed E-state index contributed by atoms with van der Waals surface area (Å²) < 4.78 is 1.94. The zero-order chi connectivity index (χ0) is 19.2. The minimum atomic E-state index is -0.156. The van der Waals surface area contributed by atoms with Crippen LogP contribution in [0.25, 0.3) is 0 Å². The van der Waals surface area contributed by atoms with Crippen LogP contribution < -0.4 is 10.6 Å². The number of para-hydroxylation sites is 1. The van der Waals surface area contributed by atoms with Crippen LogP contribution in [0.2, 0.25) is 0 Å². The minimum Gasteiger partial charge on any atom is -0.326 e. The molecule has 27 heavy (non-hydrogen) atoms. The molecule has 0 unspecified atom stereocenters. The van der Waals surface area contributed by atoms with Crippen LogP contribution in [-0.2, 0) is 16.0 Å². The third kappa shape index (κ3) is 4.76. The number of hydrogen-bond donors (Lipinski definition) is 2.